The molecule has 0 aromatic rings. The van der Waals surface area contributed by atoms with Gasteiger partial charge in [0.2, 0.25) is 0 Å². The van der Waals surface area contributed by atoms with Gasteiger partial charge < -0.3 is 0 Å². The number of nitrogens with zero attached hydrogens (tertiary/aromatic N) is 1. The quantitative estimate of drug-likeness (QED) is 0.521. The van der Waals surface area contributed by atoms with Gasteiger partial charge in [0.1, 0.15) is 4.32 Å². The normalized spacial score (nSPS) is 20.9. The van der Waals surface area contributed by atoms with Crippen LogP contribution in [0.3, 0.4) is 0 Å². The van der Waals surface area contributed by atoms with Gasteiger partial charge in [-0.1, -0.05) is 43.9 Å². The third kappa shape index (κ3) is 2.31. The molecule has 1 amide bonds. The first-order valence-corrected chi connectivity index (χ1v) is 5.54. The first-order valence-electron chi connectivity index (χ1n) is 4.31. The van der Waals surface area contributed by atoms with Crippen molar-refractivity contribution in [2.45, 2.75) is 20.8 Å². The van der Waals surface area contributed by atoms with E-state index in [-0.39, 0.29) is 5.91 Å². The number of thioether (sulfide) groups is 1. The molecule has 0 aromatic carbocycles. The maximum absolute atomic E-state index is 11.6. The van der Waals surface area contributed by atoms with Crippen molar-refractivity contribution >= 4 is 34.2 Å². The lowest BCUT2D eigenvalue weighted by Gasteiger charge is -2.09. The molecule has 0 spiro atoms. The van der Waals surface area contributed by atoms with E-state index in [2.05, 4.69) is 13.8 Å². The Morgan fingerprint density at radius 2 is 2.23 bits per heavy atom. The SMILES string of the molecule is CCN1C(=O)/C(=C/C(C)C)SC1=S. The fraction of sp³-hybridized carbons (Fsp3) is 0.556. The van der Waals surface area contributed by atoms with Gasteiger partial charge in [-0.15, -0.1) is 0 Å². The summed E-state index contributed by atoms with van der Waals surface area (Å²) >= 11 is 6.48. The zero-order valence-corrected chi connectivity index (χ0v) is 9.67. The van der Waals surface area contributed by atoms with Crippen molar-refractivity contribution < 1.29 is 4.79 Å². The second-order valence-electron chi connectivity index (χ2n) is 3.19. The monoisotopic (exact) mass is 215 g/mol. The molecule has 0 aliphatic carbocycles. The van der Waals surface area contributed by atoms with Crippen LogP contribution in [0.25, 0.3) is 0 Å². The molecule has 13 heavy (non-hydrogen) atoms. The van der Waals surface area contributed by atoms with Gasteiger partial charge in [-0.3, -0.25) is 9.69 Å². The summed E-state index contributed by atoms with van der Waals surface area (Å²) in [7, 11) is 0. The van der Waals surface area contributed by atoms with E-state index < -0.39 is 0 Å². The number of amides is 1. The van der Waals surface area contributed by atoms with Gasteiger partial charge in [0.25, 0.3) is 5.91 Å². The highest BCUT2D eigenvalue weighted by Crippen LogP contribution is 2.31. The molecular formula is C9H13NOS2. The van der Waals surface area contributed by atoms with Crippen molar-refractivity contribution in [3.05, 3.63) is 11.0 Å². The molecule has 2 nitrogen and oxygen atoms in total. The van der Waals surface area contributed by atoms with Crippen molar-refractivity contribution in [1.82, 2.24) is 4.90 Å². The Morgan fingerprint density at radius 1 is 1.62 bits per heavy atom. The van der Waals surface area contributed by atoms with Gasteiger partial charge in [0, 0.05) is 6.54 Å². The van der Waals surface area contributed by atoms with Crippen LogP contribution in [-0.4, -0.2) is 21.7 Å². The predicted molar refractivity (Wildman–Crippen MR) is 60.5 cm³/mol. The Hall–Kier alpha value is -0.350. The van der Waals surface area contributed by atoms with E-state index in [4.69, 9.17) is 12.2 Å². The molecule has 1 rings (SSSR count). The standard InChI is InChI=1S/C9H13NOS2/c1-4-10-8(11)7(5-6(2)3)13-9(10)12/h5-6H,4H2,1-3H3/b7-5-. The minimum absolute atomic E-state index is 0.0613. The molecule has 0 aromatic heterocycles. The van der Waals surface area contributed by atoms with Crippen LogP contribution in [-0.2, 0) is 4.79 Å². The fourth-order valence-electron chi connectivity index (χ4n) is 1.09. The number of allylic oxidation sites excluding steroid dienone is 1. The highest BCUT2D eigenvalue weighted by atomic mass is 32.2. The fourth-order valence-corrected chi connectivity index (χ4v) is 2.62. The lowest BCUT2D eigenvalue weighted by atomic mass is 10.2. The van der Waals surface area contributed by atoms with Gasteiger partial charge in [-0.2, -0.15) is 0 Å². The van der Waals surface area contributed by atoms with Crippen molar-refractivity contribution in [3.8, 4) is 0 Å². The van der Waals surface area contributed by atoms with Crippen LogP contribution in [0.15, 0.2) is 11.0 Å². The van der Waals surface area contributed by atoms with Gasteiger partial charge >= 0.3 is 0 Å². The smallest absolute Gasteiger partial charge is 0.265 e. The summed E-state index contributed by atoms with van der Waals surface area (Å²) in [6, 6.07) is 0. The Morgan fingerprint density at radius 3 is 2.62 bits per heavy atom. The van der Waals surface area contributed by atoms with Gasteiger partial charge in [-0.05, 0) is 12.8 Å². The molecule has 0 atom stereocenters. The van der Waals surface area contributed by atoms with E-state index in [1.165, 1.54) is 11.8 Å². The van der Waals surface area contributed by atoms with Crippen LogP contribution in [0.5, 0.6) is 0 Å². The second-order valence-corrected chi connectivity index (χ2v) is 4.87. The summed E-state index contributed by atoms with van der Waals surface area (Å²) < 4.78 is 0.680. The summed E-state index contributed by atoms with van der Waals surface area (Å²) in [5, 5.41) is 0. The van der Waals surface area contributed by atoms with E-state index in [1.807, 2.05) is 13.0 Å². The van der Waals surface area contributed by atoms with Crippen LogP contribution in [0.1, 0.15) is 20.8 Å². The van der Waals surface area contributed by atoms with Crippen molar-refractivity contribution in [1.29, 1.82) is 0 Å². The number of hydrogen-bond acceptors (Lipinski definition) is 3. The highest BCUT2D eigenvalue weighted by Gasteiger charge is 2.30. The first kappa shape index (κ1) is 10.7. The van der Waals surface area contributed by atoms with Crippen LogP contribution in [0.2, 0.25) is 0 Å². The Bertz CT molecular complexity index is 271. The lowest BCUT2D eigenvalue weighted by Crippen LogP contribution is -2.27. The molecule has 0 saturated carbocycles. The summed E-state index contributed by atoms with van der Waals surface area (Å²) in [6.45, 7) is 6.71. The molecule has 1 heterocycles. The summed E-state index contributed by atoms with van der Waals surface area (Å²) in [5.74, 6) is 0.456. The second kappa shape index (κ2) is 4.24. The minimum atomic E-state index is 0.0613. The number of likely N-dealkylation sites (N-methyl/N-ethyl adjacent to an activating group) is 1. The van der Waals surface area contributed by atoms with Crippen molar-refractivity contribution in [2.75, 3.05) is 6.54 Å². The molecule has 72 valence electrons. The molecule has 4 heteroatoms. The van der Waals surface area contributed by atoms with E-state index in [1.54, 1.807) is 4.90 Å². The van der Waals surface area contributed by atoms with Crippen molar-refractivity contribution in [3.63, 3.8) is 0 Å². The van der Waals surface area contributed by atoms with E-state index in [0.29, 0.717) is 16.8 Å². The molecule has 1 aliphatic rings. The van der Waals surface area contributed by atoms with E-state index >= 15 is 0 Å². The third-order valence-corrected chi connectivity index (χ3v) is 3.07. The van der Waals surface area contributed by atoms with Gasteiger partial charge in [-0.25, -0.2) is 0 Å². The molecule has 0 bridgehead atoms. The molecule has 1 fully saturated rings. The van der Waals surface area contributed by atoms with Crippen LogP contribution >= 0.6 is 24.0 Å². The number of hydrogen-bond donors (Lipinski definition) is 0. The maximum atomic E-state index is 11.6. The van der Waals surface area contributed by atoms with Gasteiger partial charge in [0.05, 0.1) is 4.91 Å². The Labute approximate surface area is 88.4 Å². The van der Waals surface area contributed by atoms with Gasteiger partial charge in [0.15, 0.2) is 0 Å². The number of carbonyl (C=O) groups excluding carboxylic acids is 1. The van der Waals surface area contributed by atoms with Crippen molar-refractivity contribution in [2.24, 2.45) is 5.92 Å². The number of thiocarbonyl (C=S) groups is 1. The molecule has 0 radical (unpaired) electrons. The molecule has 0 unspecified atom stereocenters. The number of carbonyl (C=O) groups is 1. The number of rotatable bonds is 2. The summed E-state index contributed by atoms with van der Waals surface area (Å²) in [5.41, 5.74) is 0. The zero-order chi connectivity index (χ0) is 10.0. The lowest BCUT2D eigenvalue weighted by molar-refractivity contribution is -0.122. The highest BCUT2D eigenvalue weighted by molar-refractivity contribution is 8.26. The zero-order valence-electron chi connectivity index (χ0n) is 8.03. The first-order chi connectivity index (χ1) is 6.06. The maximum Gasteiger partial charge on any atom is 0.265 e. The summed E-state index contributed by atoms with van der Waals surface area (Å²) in [4.78, 5) is 14.0. The largest absolute Gasteiger partial charge is 0.293 e. The van der Waals surface area contributed by atoms with Crippen LogP contribution in [0, 0.1) is 5.92 Å². The molecule has 1 aliphatic heterocycles. The van der Waals surface area contributed by atoms with E-state index in [9.17, 15) is 4.79 Å². The van der Waals surface area contributed by atoms with E-state index in [0.717, 1.165) is 4.91 Å². The third-order valence-electron chi connectivity index (χ3n) is 1.67. The van der Waals surface area contributed by atoms with Crippen LogP contribution in [0.4, 0.5) is 0 Å². The predicted octanol–water partition coefficient (Wildman–Crippen LogP) is 2.41. The molecular weight excluding hydrogens is 202 g/mol. The molecule has 0 N–H and O–H groups in total. The summed E-state index contributed by atoms with van der Waals surface area (Å²) in [6.07, 6.45) is 1.97. The molecule has 1 saturated heterocycles. The van der Waals surface area contributed by atoms with Crippen LogP contribution < -0.4 is 0 Å². The Balaban J connectivity index is 2.85. The topological polar surface area (TPSA) is 20.3 Å². The average molecular weight is 215 g/mol. The average Bonchev–Trinajstić information content (AvgIpc) is 2.26. The Kier molecular flexibility index (Phi) is 3.50. The minimum Gasteiger partial charge on any atom is -0.293 e.